The average molecular weight is 656 g/mol. The Labute approximate surface area is 278 Å². The number of hydrogen-bond donors (Lipinski definition) is 0. The van der Waals surface area contributed by atoms with Gasteiger partial charge in [0.1, 0.15) is 11.9 Å². The lowest BCUT2D eigenvalue weighted by Crippen LogP contribution is -2.34. The summed E-state index contributed by atoms with van der Waals surface area (Å²) < 4.78 is 36.6. The quantitative estimate of drug-likeness (QED) is 0.0463. The van der Waals surface area contributed by atoms with Gasteiger partial charge < -0.3 is 23.4 Å². The molecule has 0 amide bonds. The van der Waals surface area contributed by atoms with E-state index in [2.05, 4.69) is 11.5 Å². The molecule has 0 saturated carbocycles. The molecule has 7 nitrogen and oxygen atoms in total. The zero-order chi connectivity index (χ0) is 32.7. The van der Waals surface area contributed by atoms with Crippen LogP contribution in [0.1, 0.15) is 115 Å². The first kappa shape index (κ1) is 38.2. The Morgan fingerprint density at radius 3 is 1.93 bits per heavy atom. The van der Waals surface area contributed by atoms with E-state index in [1.54, 1.807) is 12.1 Å². The van der Waals surface area contributed by atoms with Crippen LogP contribution in [0.3, 0.4) is 0 Å². The molecule has 1 aromatic heterocycles. The minimum Gasteiger partial charge on any atom is -0.746 e. The minimum absolute atomic E-state index is 0.170. The van der Waals surface area contributed by atoms with Crippen molar-refractivity contribution in [3.8, 4) is 5.75 Å². The molecule has 8 heteroatoms. The number of ether oxygens (including phenoxy) is 2. The second-order valence-electron chi connectivity index (χ2n) is 12.4. The SMILES string of the molecule is CCCCCCCCCCCCCCCCCCOCC(COP(=O)([O-])Oc1ccccc1C[n+]1cccc2ccccc21)OC. The molecule has 46 heavy (non-hydrogen) atoms. The number of benzene rings is 2. The lowest BCUT2D eigenvalue weighted by Gasteiger charge is -2.26. The molecule has 2 atom stereocenters. The molecule has 2 aromatic carbocycles. The Bertz CT molecular complexity index is 1270. The predicted molar refractivity (Wildman–Crippen MR) is 185 cm³/mol. The van der Waals surface area contributed by atoms with Gasteiger partial charge >= 0.3 is 7.82 Å². The van der Waals surface area contributed by atoms with Crippen LogP contribution in [0.2, 0.25) is 0 Å². The number of pyridine rings is 1. The van der Waals surface area contributed by atoms with Crippen LogP contribution in [0.25, 0.3) is 10.9 Å². The van der Waals surface area contributed by atoms with E-state index in [4.69, 9.17) is 18.5 Å². The van der Waals surface area contributed by atoms with Gasteiger partial charge in [-0.1, -0.05) is 128 Å². The molecule has 1 heterocycles. The molecular weight excluding hydrogens is 597 g/mol. The van der Waals surface area contributed by atoms with Crippen molar-refractivity contribution in [2.24, 2.45) is 0 Å². The third-order valence-electron chi connectivity index (χ3n) is 8.51. The van der Waals surface area contributed by atoms with Gasteiger partial charge in [-0.25, -0.2) is 0 Å². The highest BCUT2D eigenvalue weighted by Crippen LogP contribution is 2.41. The number of aromatic nitrogens is 1. The highest BCUT2D eigenvalue weighted by molar-refractivity contribution is 7.46. The summed E-state index contributed by atoms with van der Waals surface area (Å²) in [6.07, 6.45) is 22.8. The van der Waals surface area contributed by atoms with E-state index in [9.17, 15) is 9.46 Å². The average Bonchev–Trinajstić information content (AvgIpc) is 3.06. The highest BCUT2D eigenvalue weighted by atomic mass is 31.2. The van der Waals surface area contributed by atoms with E-state index < -0.39 is 13.9 Å². The van der Waals surface area contributed by atoms with Crippen molar-refractivity contribution in [3.05, 3.63) is 72.4 Å². The summed E-state index contributed by atoms with van der Waals surface area (Å²) >= 11 is 0. The van der Waals surface area contributed by atoms with Crippen LogP contribution < -0.4 is 14.0 Å². The van der Waals surface area contributed by atoms with Crippen LogP contribution >= 0.6 is 7.82 Å². The van der Waals surface area contributed by atoms with E-state index in [0.29, 0.717) is 13.2 Å². The molecule has 0 aliphatic rings. The lowest BCUT2D eigenvalue weighted by molar-refractivity contribution is -0.662. The number of nitrogens with zero attached hydrogens (tertiary/aromatic N) is 1. The van der Waals surface area contributed by atoms with Crippen molar-refractivity contribution >= 4 is 18.7 Å². The zero-order valence-electron chi connectivity index (χ0n) is 28.4. The number of rotatable bonds is 27. The summed E-state index contributed by atoms with van der Waals surface area (Å²) in [6, 6.07) is 19.2. The first-order valence-electron chi connectivity index (χ1n) is 17.7. The van der Waals surface area contributed by atoms with Crippen molar-refractivity contribution in [2.75, 3.05) is 26.9 Å². The maximum absolute atomic E-state index is 12.8. The van der Waals surface area contributed by atoms with Crippen LogP contribution in [0.5, 0.6) is 5.75 Å². The molecule has 3 aromatic rings. The second-order valence-corrected chi connectivity index (χ2v) is 13.7. The van der Waals surface area contributed by atoms with Gasteiger partial charge in [-0.3, -0.25) is 4.57 Å². The molecule has 0 spiro atoms. The van der Waals surface area contributed by atoms with Crippen molar-refractivity contribution in [2.45, 2.75) is 122 Å². The molecule has 0 N–H and O–H groups in total. The summed E-state index contributed by atoms with van der Waals surface area (Å²) in [5, 5.41) is 1.10. The first-order chi connectivity index (χ1) is 22.5. The maximum Gasteiger partial charge on any atom is 0.319 e. The molecule has 256 valence electrons. The van der Waals surface area contributed by atoms with E-state index in [-0.39, 0.29) is 19.0 Å². The van der Waals surface area contributed by atoms with Gasteiger partial charge in [-0.2, -0.15) is 4.57 Å². The molecular formula is C38H58NO6P. The largest absolute Gasteiger partial charge is 0.746 e. The van der Waals surface area contributed by atoms with Crippen LogP contribution in [-0.2, 0) is 25.1 Å². The van der Waals surface area contributed by atoms with Crippen LogP contribution in [0, 0.1) is 0 Å². The van der Waals surface area contributed by atoms with E-state index in [0.717, 1.165) is 29.3 Å². The normalized spacial score (nSPS) is 13.5. The molecule has 0 saturated heterocycles. The Morgan fingerprint density at radius 1 is 0.717 bits per heavy atom. The molecule has 0 radical (unpaired) electrons. The van der Waals surface area contributed by atoms with Crippen molar-refractivity contribution in [3.63, 3.8) is 0 Å². The Morgan fingerprint density at radius 2 is 1.28 bits per heavy atom. The number of unbranched alkanes of at least 4 members (excludes halogenated alkanes) is 15. The third-order valence-corrected chi connectivity index (χ3v) is 9.39. The van der Waals surface area contributed by atoms with Crippen LogP contribution in [0.15, 0.2) is 66.9 Å². The highest BCUT2D eigenvalue weighted by Gasteiger charge is 2.20. The zero-order valence-corrected chi connectivity index (χ0v) is 29.3. The van der Waals surface area contributed by atoms with Gasteiger partial charge in [0.25, 0.3) is 0 Å². The fourth-order valence-electron chi connectivity index (χ4n) is 5.74. The number of fused-ring (bicyclic) bond motifs is 1. The molecule has 2 unspecified atom stereocenters. The minimum atomic E-state index is -4.63. The van der Waals surface area contributed by atoms with E-state index in [1.807, 2.05) is 54.7 Å². The molecule has 0 bridgehead atoms. The summed E-state index contributed by atoms with van der Waals surface area (Å²) in [7, 11) is -3.11. The summed E-state index contributed by atoms with van der Waals surface area (Å²) in [5.74, 6) is 0.245. The number of para-hydroxylation sites is 2. The van der Waals surface area contributed by atoms with Gasteiger partial charge in [0.2, 0.25) is 5.52 Å². The fraction of sp³-hybridized carbons (Fsp3) is 0.605. The van der Waals surface area contributed by atoms with Gasteiger partial charge in [-0.15, -0.1) is 0 Å². The number of methoxy groups -OCH3 is 1. The summed E-state index contributed by atoms with van der Waals surface area (Å²) in [6.45, 7) is 3.45. The predicted octanol–water partition coefficient (Wildman–Crippen LogP) is 9.33. The third kappa shape index (κ3) is 15.5. The number of phosphoric acid groups is 1. The van der Waals surface area contributed by atoms with Gasteiger partial charge in [0.05, 0.1) is 18.8 Å². The summed E-state index contributed by atoms with van der Waals surface area (Å²) in [4.78, 5) is 12.8. The fourth-order valence-corrected chi connectivity index (χ4v) is 6.56. The smallest absolute Gasteiger partial charge is 0.319 e. The van der Waals surface area contributed by atoms with Crippen LogP contribution in [-0.4, -0.2) is 33.0 Å². The summed E-state index contributed by atoms with van der Waals surface area (Å²) in [5.41, 5.74) is 1.78. The molecule has 0 fully saturated rings. The Hall–Kier alpha value is -2.28. The first-order valence-corrected chi connectivity index (χ1v) is 19.2. The van der Waals surface area contributed by atoms with E-state index >= 15 is 0 Å². The van der Waals surface area contributed by atoms with Crippen molar-refractivity contribution < 1.29 is 32.5 Å². The molecule has 0 aliphatic carbocycles. The number of phosphoric ester groups is 1. The maximum atomic E-state index is 12.8. The number of hydrogen-bond acceptors (Lipinski definition) is 6. The topological polar surface area (TPSA) is 80.9 Å². The Balaban J connectivity index is 1.24. The second kappa shape index (κ2) is 23.1. The van der Waals surface area contributed by atoms with Gasteiger partial charge in [-0.05, 0) is 30.7 Å². The van der Waals surface area contributed by atoms with E-state index in [1.165, 1.54) is 97.0 Å². The lowest BCUT2D eigenvalue weighted by atomic mass is 10.0. The molecule has 3 rings (SSSR count). The van der Waals surface area contributed by atoms with Crippen molar-refractivity contribution in [1.82, 2.24) is 0 Å². The van der Waals surface area contributed by atoms with Gasteiger partial charge in [0.15, 0.2) is 12.7 Å². The van der Waals surface area contributed by atoms with Crippen LogP contribution in [0.4, 0.5) is 0 Å². The molecule has 0 aliphatic heterocycles. The van der Waals surface area contributed by atoms with Gasteiger partial charge in [0, 0.05) is 31.2 Å². The Kier molecular flexibility index (Phi) is 19.2. The monoisotopic (exact) mass is 655 g/mol. The van der Waals surface area contributed by atoms with Crippen molar-refractivity contribution in [1.29, 1.82) is 0 Å². The standard InChI is InChI=1S/C38H58NO6P/c1-3-4-5-6-7-8-9-10-11-12-13-14-15-16-17-22-30-43-32-36(42-2)33-44-46(40,41)45-38-28-21-19-25-35(38)31-39-29-23-26-34-24-18-20-27-37(34)39/h18-21,23-29,36H,3-17,22,30-33H2,1-2H3.